The first-order valence-electron chi connectivity index (χ1n) is 6.06. The van der Waals surface area contributed by atoms with Crippen LogP contribution in [-0.4, -0.2) is 42.3 Å². The van der Waals surface area contributed by atoms with E-state index in [0.717, 1.165) is 4.47 Å². The average Bonchev–Trinajstić information content (AvgIpc) is 2.40. The molecule has 0 aliphatic rings. The Labute approximate surface area is 121 Å². The minimum absolute atomic E-state index is 0.0808. The lowest BCUT2D eigenvalue weighted by Gasteiger charge is -2.24. The zero-order valence-corrected chi connectivity index (χ0v) is 12.9. The number of ether oxygens (including phenoxy) is 1. The van der Waals surface area contributed by atoms with Crippen LogP contribution in [0.1, 0.15) is 13.8 Å². The van der Waals surface area contributed by atoms with Crippen molar-refractivity contribution < 1.29 is 14.6 Å². The average molecular weight is 331 g/mol. The number of anilines is 1. The monoisotopic (exact) mass is 330 g/mol. The van der Waals surface area contributed by atoms with Crippen molar-refractivity contribution in [3.63, 3.8) is 0 Å². The highest BCUT2D eigenvalue weighted by molar-refractivity contribution is 9.10. The SMILES string of the molecule is CCOc1cc(Br)ccc1NC(=O)N(C)C(C)CO. The molecule has 0 spiro atoms. The van der Waals surface area contributed by atoms with E-state index in [1.165, 1.54) is 4.90 Å². The zero-order chi connectivity index (χ0) is 14.4. The Balaban J connectivity index is 2.84. The second-order valence-corrected chi connectivity index (χ2v) is 5.06. The second kappa shape index (κ2) is 7.35. The second-order valence-electron chi connectivity index (χ2n) is 4.15. The number of amides is 2. The van der Waals surface area contributed by atoms with Crippen LogP contribution in [0.25, 0.3) is 0 Å². The van der Waals surface area contributed by atoms with Crippen LogP contribution in [0, 0.1) is 0 Å². The van der Waals surface area contributed by atoms with Crippen LogP contribution >= 0.6 is 15.9 Å². The first kappa shape index (κ1) is 15.8. The minimum Gasteiger partial charge on any atom is -0.492 e. The zero-order valence-electron chi connectivity index (χ0n) is 11.3. The van der Waals surface area contributed by atoms with Crippen molar-refractivity contribution in [2.75, 3.05) is 25.6 Å². The van der Waals surface area contributed by atoms with E-state index in [0.29, 0.717) is 18.0 Å². The van der Waals surface area contributed by atoms with Crippen LogP contribution < -0.4 is 10.1 Å². The summed E-state index contributed by atoms with van der Waals surface area (Å²) in [6, 6.07) is 4.86. The molecule has 0 saturated carbocycles. The molecule has 0 saturated heterocycles. The molecule has 0 aromatic heterocycles. The van der Waals surface area contributed by atoms with Gasteiger partial charge in [-0.05, 0) is 32.0 Å². The molecule has 6 heteroatoms. The summed E-state index contributed by atoms with van der Waals surface area (Å²) in [4.78, 5) is 13.4. The number of carbonyl (C=O) groups excluding carboxylic acids is 1. The Bertz CT molecular complexity index is 440. The van der Waals surface area contributed by atoms with Crippen molar-refractivity contribution in [1.29, 1.82) is 0 Å². The van der Waals surface area contributed by atoms with Crippen molar-refractivity contribution in [2.24, 2.45) is 0 Å². The largest absolute Gasteiger partial charge is 0.492 e. The molecular weight excluding hydrogens is 312 g/mol. The van der Waals surface area contributed by atoms with Gasteiger partial charge in [-0.25, -0.2) is 4.79 Å². The molecule has 1 aromatic rings. The molecular formula is C13H19BrN2O3. The van der Waals surface area contributed by atoms with Crippen LogP contribution in [0.5, 0.6) is 5.75 Å². The van der Waals surface area contributed by atoms with E-state index < -0.39 is 0 Å². The number of hydrogen-bond donors (Lipinski definition) is 2. The number of aliphatic hydroxyl groups excluding tert-OH is 1. The molecule has 19 heavy (non-hydrogen) atoms. The van der Waals surface area contributed by atoms with E-state index >= 15 is 0 Å². The van der Waals surface area contributed by atoms with Crippen molar-refractivity contribution in [3.05, 3.63) is 22.7 Å². The van der Waals surface area contributed by atoms with Crippen molar-refractivity contribution in [1.82, 2.24) is 4.90 Å². The van der Waals surface area contributed by atoms with Crippen LogP contribution in [0.4, 0.5) is 10.5 Å². The molecule has 0 radical (unpaired) electrons. The topological polar surface area (TPSA) is 61.8 Å². The van der Waals surface area contributed by atoms with Crippen molar-refractivity contribution in [3.8, 4) is 5.75 Å². The third-order valence-electron chi connectivity index (χ3n) is 2.73. The molecule has 2 amide bonds. The number of hydrogen-bond acceptors (Lipinski definition) is 3. The number of urea groups is 1. The fourth-order valence-corrected chi connectivity index (χ4v) is 1.74. The molecule has 0 heterocycles. The van der Waals surface area contributed by atoms with Gasteiger partial charge in [0.25, 0.3) is 0 Å². The number of rotatable bonds is 5. The van der Waals surface area contributed by atoms with E-state index in [4.69, 9.17) is 9.84 Å². The molecule has 2 N–H and O–H groups in total. The van der Waals surface area contributed by atoms with E-state index in [9.17, 15) is 4.79 Å². The number of nitrogens with one attached hydrogen (secondary N) is 1. The van der Waals surface area contributed by atoms with Gasteiger partial charge < -0.3 is 20.1 Å². The summed E-state index contributed by atoms with van der Waals surface area (Å²) < 4.78 is 6.35. The number of likely N-dealkylation sites (N-methyl/N-ethyl adjacent to an activating group) is 1. The van der Waals surface area contributed by atoms with Gasteiger partial charge >= 0.3 is 6.03 Å². The predicted octanol–water partition coefficient (Wildman–Crippen LogP) is 2.69. The van der Waals surface area contributed by atoms with E-state index in [2.05, 4.69) is 21.2 Å². The number of nitrogens with zero attached hydrogens (tertiary/aromatic N) is 1. The predicted molar refractivity (Wildman–Crippen MR) is 78.6 cm³/mol. The lowest BCUT2D eigenvalue weighted by molar-refractivity contribution is 0.166. The van der Waals surface area contributed by atoms with Gasteiger partial charge in [0.05, 0.1) is 24.9 Å². The molecule has 0 aliphatic carbocycles. The van der Waals surface area contributed by atoms with Crippen molar-refractivity contribution >= 4 is 27.6 Å². The van der Waals surface area contributed by atoms with Crippen LogP contribution in [0.2, 0.25) is 0 Å². The quantitative estimate of drug-likeness (QED) is 0.872. The molecule has 0 bridgehead atoms. The fraction of sp³-hybridized carbons (Fsp3) is 0.462. The normalized spacial score (nSPS) is 11.8. The molecule has 1 atom stereocenters. The number of benzene rings is 1. The summed E-state index contributed by atoms with van der Waals surface area (Å²) in [7, 11) is 1.63. The van der Waals surface area contributed by atoms with Crippen molar-refractivity contribution in [2.45, 2.75) is 19.9 Å². The van der Waals surface area contributed by atoms with Gasteiger partial charge in [-0.2, -0.15) is 0 Å². The van der Waals surface area contributed by atoms with Gasteiger partial charge in [0.2, 0.25) is 0 Å². The molecule has 0 fully saturated rings. The maximum atomic E-state index is 12.0. The Morgan fingerprint density at radius 2 is 2.26 bits per heavy atom. The molecule has 1 rings (SSSR count). The molecule has 1 unspecified atom stereocenters. The maximum Gasteiger partial charge on any atom is 0.322 e. The first-order valence-corrected chi connectivity index (χ1v) is 6.85. The maximum absolute atomic E-state index is 12.0. The smallest absolute Gasteiger partial charge is 0.322 e. The lowest BCUT2D eigenvalue weighted by atomic mass is 10.3. The van der Waals surface area contributed by atoms with Crippen LogP contribution in [0.3, 0.4) is 0 Å². The van der Waals surface area contributed by atoms with E-state index in [1.54, 1.807) is 26.1 Å². The van der Waals surface area contributed by atoms with E-state index in [1.807, 2.05) is 13.0 Å². The summed E-state index contributed by atoms with van der Waals surface area (Å²) in [5.74, 6) is 0.607. The summed E-state index contributed by atoms with van der Waals surface area (Å²) >= 11 is 3.36. The molecule has 1 aromatic carbocycles. The van der Waals surface area contributed by atoms with E-state index in [-0.39, 0.29) is 18.7 Å². The number of carbonyl (C=O) groups is 1. The molecule has 106 valence electrons. The first-order chi connectivity index (χ1) is 8.99. The highest BCUT2D eigenvalue weighted by Gasteiger charge is 2.16. The van der Waals surface area contributed by atoms with Gasteiger partial charge in [0.1, 0.15) is 5.75 Å². The standard InChI is InChI=1S/C13H19BrN2O3/c1-4-19-12-7-10(14)5-6-11(12)15-13(18)16(3)9(2)8-17/h5-7,9,17H,4,8H2,1-3H3,(H,15,18). The van der Waals surface area contributed by atoms with Crippen LogP contribution in [-0.2, 0) is 0 Å². The van der Waals surface area contributed by atoms with Gasteiger partial charge in [-0.1, -0.05) is 15.9 Å². The molecule has 0 aliphatic heterocycles. The minimum atomic E-state index is -0.287. The number of halogens is 1. The fourth-order valence-electron chi connectivity index (χ4n) is 1.40. The lowest BCUT2D eigenvalue weighted by Crippen LogP contribution is -2.40. The Kier molecular flexibility index (Phi) is 6.11. The highest BCUT2D eigenvalue weighted by Crippen LogP contribution is 2.28. The van der Waals surface area contributed by atoms with Gasteiger partial charge in [0, 0.05) is 11.5 Å². The molecule has 5 nitrogen and oxygen atoms in total. The van der Waals surface area contributed by atoms with Gasteiger partial charge in [-0.15, -0.1) is 0 Å². The Morgan fingerprint density at radius 1 is 1.58 bits per heavy atom. The van der Waals surface area contributed by atoms with Gasteiger partial charge in [0.15, 0.2) is 0 Å². The summed E-state index contributed by atoms with van der Waals surface area (Å²) in [6.07, 6.45) is 0. The third kappa shape index (κ3) is 4.40. The summed E-state index contributed by atoms with van der Waals surface area (Å²) in [6.45, 7) is 4.09. The highest BCUT2D eigenvalue weighted by atomic mass is 79.9. The number of aliphatic hydroxyl groups is 1. The Morgan fingerprint density at radius 3 is 2.84 bits per heavy atom. The van der Waals surface area contributed by atoms with Gasteiger partial charge in [-0.3, -0.25) is 0 Å². The Hall–Kier alpha value is -1.27. The summed E-state index contributed by atoms with van der Waals surface area (Å²) in [5, 5.41) is 11.8. The third-order valence-corrected chi connectivity index (χ3v) is 3.22. The van der Waals surface area contributed by atoms with Crippen LogP contribution in [0.15, 0.2) is 22.7 Å². The summed E-state index contributed by atoms with van der Waals surface area (Å²) in [5.41, 5.74) is 0.604.